The molecule has 2 rings (SSSR count). The Labute approximate surface area is 145 Å². The third kappa shape index (κ3) is 5.08. The Hall–Kier alpha value is -1.33. The van der Waals surface area contributed by atoms with Gasteiger partial charge in [0, 0.05) is 37.7 Å². The molecule has 1 fully saturated rings. The maximum Gasteiger partial charge on any atom is 0.224 e. The Balaban J connectivity index is 1.84. The molecule has 2 atom stereocenters. The van der Waals surface area contributed by atoms with Crippen LogP contribution in [0.4, 0.5) is 0 Å². The van der Waals surface area contributed by atoms with E-state index in [4.69, 9.17) is 4.42 Å². The highest BCUT2D eigenvalue weighted by Gasteiger charge is 2.28. The van der Waals surface area contributed by atoms with Crippen LogP contribution in [0.15, 0.2) is 10.5 Å². The van der Waals surface area contributed by atoms with Gasteiger partial charge in [0.05, 0.1) is 0 Å². The average molecular weight is 336 g/mol. The van der Waals surface area contributed by atoms with Crippen molar-refractivity contribution < 1.29 is 14.3 Å². The van der Waals surface area contributed by atoms with Crippen molar-refractivity contribution >= 4 is 5.91 Å². The number of carbonyl (C=O) groups excluding carboxylic acids is 1. The first-order chi connectivity index (χ1) is 11.3. The molecule has 1 aliphatic rings. The van der Waals surface area contributed by atoms with Crippen LogP contribution in [0.3, 0.4) is 0 Å². The molecule has 0 aromatic carbocycles. The minimum absolute atomic E-state index is 0.0283. The summed E-state index contributed by atoms with van der Waals surface area (Å²) in [6.07, 6.45) is 5.15. The van der Waals surface area contributed by atoms with Gasteiger partial charge in [0.1, 0.15) is 17.1 Å². The standard InChI is InChI=1S/C19H32N2O3/c1-14(11-18(22)21-9-7-5-6-8-10-21)20-13-19(4,23)17-12-15(2)24-16(17)3/h12,14,20,23H,5-11,13H2,1-4H3/t14-,19-/m0/s1. The first kappa shape index (κ1) is 19.0. The monoisotopic (exact) mass is 336 g/mol. The molecule has 5 heteroatoms. The normalized spacial score (nSPS) is 19.6. The Kier molecular flexibility index (Phi) is 6.47. The summed E-state index contributed by atoms with van der Waals surface area (Å²) >= 11 is 0. The lowest BCUT2D eigenvalue weighted by atomic mass is 9.95. The number of hydrogen-bond acceptors (Lipinski definition) is 4. The van der Waals surface area contributed by atoms with Crippen molar-refractivity contribution in [2.24, 2.45) is 0 Å². The van der Waals surface area contributed by atoms with Crippen molar-refractivity contribution in [3.8, 4) is 0 Å². The summed E-state index contributed by atoms with van der Waals surface area (Å²) in [5.41, 5.74) is -0.208. The van der Waals surface area contributed by atoms with Gasteiger partial charge in [0.2, 0.25) is 5.91 Å². The summed E-state index contributed by atoms with van der Waals surface area (Å²) in [6, 6.07) is 1.91. The molecule has 0 unspecified atom stereocenters. The first-order valence-electron chi connectivity index (χ1n) is 9.10. The molecule has 0 aliphatic carbocycles. The maximum absolute atomic E-state index is 12.4. The second-order valence-electron chi connectivity index (χ2n) is 7.38. The van der Waals surface area contributed by atoms with Crippen LogP contribution in [0.1, 0.15) is 63.0 Å². The van der Waals surface area contributed by atoms with Crippen molar-refractivity contribution in [2.75, 3.05) is 19.6 Å². The first-order valence-corrected chi connectivity index (χ1v) is 9.10. The molecule has 1 aromatic heterocycles. The predicted octanol–water partition coefficient (Wildman–Crippen LogP) is 2.87. The van der Waals surface area contributed by atoms with Crippen LogP contribution >= 0.6 is 0 Å². The minimum Gasteiger partial charge on any atom is -0.466 e. The highest BCUT2D eigenvalue weighted by atomic mass is 16.3. The van der Waals surface area contributed by atoms with Gasteiger partial charge in [-0.1, -0.05) is 12.8 Å². The molecule has 0 saturated carbocycles. The zero-order valence-electron chi connectivity index (χ0n) is 15.5. The largest absolute Gasteiger partial charge is 0.466 e. The molecular formula is C19H32N2O3. The number of hydrogen-bond donors (Lipinski definition) is 2. The average Bonchev–Trinajstić information content (AvgIpc) is 2.73. The molecule has 5 nitrogen and oxygen atoms in total. The molecule has 136 valence electrons. The number of aliphatic hydroxyl groups is 1. The van der Waals surface area contributed by atoms with Crippen molar-refractivity contribution in [1.29, 1.82) is 0 Å². The summed E-state index contributed by atoms with van der Waals surface area (Å²) < 4.78 is 5.51. The molecule has 0 radical (unpaired) electrons. The van der Waals surface area contributed by atoms with E-state index in [0.717, 1.165) is 43.0 Å². The fourth-order valence-corrected chi connectivity index (χ4v) is 3.42. The lowest BCUT2D eigenvalue weighted by Gasteiger charge is -2.27. The highest BCUT2D eigenvalue weighted by molar-refractivity contribution is 5.76. The highest BCUT2D eigenvalue weighted by Crippen LogP contribution is 2.26. The van der Waals surface area contributed by atoms with Gasteiger partial charge in [-0.3, -0.25) is 4.79 Å². The number of nitrogens with one attached hydrogen (secondary N) is 1. The van der Waals surface area contributed by atoms with Crippen LogP contribution < -0.4 is 5.32 Å². The van der Waals surface area contributed by atoms with E-state index in [9.17, 15) is 9.90 Å². The van der Waals surface area contributed by atoms with Gasteiger partial charge in [-0.15, -0.1) is 0 Å². The Morgan fingerprint density at radius 2 is 1.96 bits per heavy atom. The second-order valence-corrected chi connectivity index (χ2v) is 7.38. The van der Waals surface area contributed by atoms with Crippen molar-refractivity contribution in [3.63, 3.8) is 0 Å². The molecule has 1 amide bonds. The van der Waals surface area contributed by atoms with Crippen LogP contribution in [0, 0.1) is 13.8 Å². The van der Waals surface area contributed by atoms with Gasteiger partial charge in [-0.05, 0) is 46.6 Å². The van der Waals surface area contributed by atoms with Gasteiger partial charge in [0.15, 0.2) is 0 Å². The maximum atomic E-state index is 12.4. The van der Waals surface area contributed by atoms with Gasteiger partial charge in [0.25, 0.3) is 0 Å². The third-order valence-electron chi connectivity index (χ3n) is 4.86. The quantitative estimate of drug-likeness (QED) is 0.838. The van der Waals surface area contributed by atoms with Crippen LogP contribution in [0.2, 0.25) is 0 Å². The van der Waals surface area contributed by atoms with E-state index in [-0.39, 0.29) is 11.9 Å². The second kappa shape index (κ2) is 8.17. The number of rotatable bonds is 6. The van der Waals surface area contributed by atoms with Gasteiger partial charge in [-0.25, -0.2) is 0 Å². The number of carbonyl (C=O) groups is 1. The summed E-state index contributed by atoms with van der Waals surface area (Å²) in [6.45, 7) is 9.68. The summed E-state index contributed by atoms with van der Waals surface area (Å²) in [5, 5.41) is 14.0. The van der Waals surface area contributed by atoms with Crippen LogP contribution in [-0.4, -0.2) is 41.6 Å². The van der Waals surface area contributed by atoms with Gasteiger partial charge < -0.3 is 19.7 Å². The number of likely N-dealkylation sites (tertiary alicyclic amines) is 1. The molecule has 0 spiro atoms. The van der Waals surface area contributed by atoms with E-state index in [0.29, 0.717) is 13.0 Å². The molecule has 1 aliphatic heterocycles. The van der Waals surface area contributed by atoms with Crippen LogP contribution in [0.5, 0.6) is 0 Å². The Morgan fingerprint density at radius 3 is 2.50 bits per heavy atom. The lowest BCUT2D eigenvalue weighted by Crippen LogP contribution is -2.42. The number of amides is 1. The Bertz CT molecular complexity index is 543. The number of nitrogens with zero attached hydrogens (tertiary/aromatic N) is 1. The van der Waals surface area contributed by atoms with E-state index in [1.807, 2.05) is 31.7 Å². The van der Waals surface area contributed by atoms with E-state index in [1.165, 1.54) is 12.8 Å². The lowest BCUT2D eigenvalue weighted by molar-refractivity contribution is -0.131. The van der Waals surface area contributed by atoms with Gasteiger partial charge in [-0.2, -0.15) is 0 Å². The molecule has 2 heterocycles. The van der Waals surface area contributed by atoms with E-state index in [1.54, 1.807) is 6.92 Å². The van der Waals surface area contributed by atoms with Crippen molar-refractivity contribution in [1.82, 2.24) is 10.2 Å². The van der Waals surface area contributed by atoms with Crippen molar-refractivity contribution in [2.45, 2.75) is 71.4 Å². The third-order valence-corrected chi connectivity index (χ3v) is 4.86. The summed E-state index contributed by atoms with van der Waals surface area (Å²) in [4.78, 5) is 14.4. The van der Waals surface area contributed by atoms with Crippen LogP contribution in [0.25, 0.3) is 0 Å². The van der Waals surface area contributed by atoms with E-state index < -0.39 is 5.60 Å². The smallest absolute Gasteiger partial charge is 0.224 e. The number of furan rings is 1. The number of aryl methyl sites for hydroxylation is 2. The molecule has 2 N–H and O–H groups in total. The minimum atomic E-state index is -1.01. The fourth-order valence-electron chi connectivity index (χ4n) is 3.42. The fraction of sp³-hybridized carbons (Fsp3) is 0.737. The SMILES string of the molecule is Cc1cc([C@@](C)(O)CN[C@@H](C)CC(=O)N2CCCCCC2)c(C)o1. The predicted molar refractivity (Wildman–Crippen MR) is 94.9 cm³/mol. The molecule has 24 heavy (non-hydrogen) atoms. The topological polar surface area (TPSA) is 65.7 Å². The van der Waals surface area contributed by atoms with E-state index >= 15 is 0 Å². The summed E-state index contributed by atoms with van der Waals surface area (Å²) in [7, 11) is 0. The summed E-state index contributed by atoms with van der Waals surface area (Å²) in [5.74, 6) is 1.76. The van der Waals surface area contributed by atoms with Gasteiger partial charge >= 0.3 is 0 Å². The zero-order chi connectivity index (χ0) is 17.7. The van der Waals surface area contributed by atoms with Crippen LogP contribution in [-0.2, 0) is 10.4 Å². The molecule has 0 bridgehead atoms. The Morgan fingerprint density at radius 1 is 1.33 bits per heavy atom. The zero-order valence-corrected chi connectivity index (χ0v) is 15.5. The molecular weight excluding hydrogens is 304 g/mol. The van der Waals surface area contributed by atoms with E-state index in [2.05, 4.69) is 5.32 Å². The molecule has 1 saturated heterocycles. The molecule has 1 aromatic rings. The van der Waals surface area contributed by atoms with Crippen molar-refractivity contribution in [3.05, 3.63) is 23.2 Å².